The van der Waals surface area contributed by atoms with E-state index in [0.29, 0.717) is 39.7 Å². The maximum Gasteiger partial charge on any atom is 0.253 e. The number of likely N-dealkylation sites (tertiary alicyclic amines) is 1. The molecule has 31 heavy (non-hydrogen) atoms. The van der Waals surface area contributed by atoms with Crippen LogP contribution in [0.3, 0.4) is 0 Å². The van der Waals surface area contributed by atoms with Crippen LogP contribution in [0.2, 0.25) is 0 Å². The zero-order valence-corrected chi connectivity index (χ0v) is 17.5. The van der Waals surface area contributed by atoms with Crippen molar-refractivity contribution < 1.29 is 9.90 Å². The number of anilines is 1. The minimum Gasteiger partial charge on any atom is -0.493 e. The third-order valence-electron chi connectivity index (χ3n) is 6.06. The SMILES string of the molecule is CN(C)C1CCN(C(=O)c2ccc3[nH]c(-c4c(O)nc5ccccc5c4N)nc3c2)C1. The number of benzene rings is 2. The van der Waals surface area contributed by atoms with Crippen molar-refractivity contribution in [1.82, 2.24) is 24.8 Å². The van der Waals surface area contributed by atoms with Gasteiger partial charge in [-0.25, -0.2) is 9.97 Å². The molecule has 1 fully saturated rings. The van der Waals surface area contributed by atoms with Crippen molar-refractivity contribution >= 4 is 33.5 Å². The number of rotatable bonds is 3. The number of carbonyl (C=O) groups is 1. The molecule has 0 saturated carbocycles. The Hall–Kier alpha value is -3.65. The highest BCUT2D eigenvalue weighted by Gasteiger charge is 2.28. The van der Waals surface area contributed by atoms with Crippen molar-refractivity contribution in [2.75, 3.05) is 32.9 Å². The first-order valence-corrected chi connectivity index (χ1v) is 10.3. The molecular formula is C23H24N6O2. The van der Waals surface area contributed by atoms with Crippen molar-refractivity contribution in [3.63, 3.8) is 0 Å². The molecule has 4 aromatic rings. The first-order chi connectivity index (χ1) is 14.9. The molecule has 4 N–H and O–H groups in total. The number of aromatic amines is 1. The quantitative estimate of drug-likeness (QED) is 0.474. The lowest BCUT2D eigenvalue weighted by atomic mass is 10.1. The Morgan fingerprint density at radius 1 is 1.19 bits per heavy atom. The predicted molar refractivity (Wildman–Crippen MR) is 121 cm³/mol. The summed E-state index contributed by atoms with van der Waals surface area (Å²) in [6.45, 7) is 1.47. The van der Waals surface area contributed by atoms with Crippen LogP contribution in [0, 0.1) is 0 Å². The van der Waals surface area contributed by atoms with Crippen LogP contribution in [0.4, 0.5) is 5.69 Å². The third kappa shape index (κ3) is 3.25. The number of pyridine rings is 1. The summed E-state index contributed by atoms with van der Waals surface area (Å²) in [4.78, 5) is 29.1. The van der Waals surface area contributed by atoms with Gasteiger partial charge in [0.15, 0.2) is 0 Å². The van der Waals surface area contributed by atoms with Gasteiger partial charge in [-0.05, 0) is 44.8 Å². The molecule has 8 nitrogen and oxygen atoms in total. The Labute approximate surface area is 179 Å². The summed E-state index contributed by atoms with van der Waals surface area (Å²) in [6.07, 6.45) is 0.973. The number of fused-ring (bicyclic) bond motifs is 2. The van der Waals surface area contributed by atoms with E-state index in [1.165, 1.54) is 0 Å². The molecular weight excluding hydrogens is 392 g/mol. The minimum absolute atomic E-state index is 0.00512. The second-order valence-corrected chi connectivity index (χ2v) is 8.22. The Bertz CT molecular complexity index is 1310. The topological polar surface area (TPSA) is 111 Å². The van der Waals surface area contributed by atoms with Crippen LogP contribution in [0.15, 0.2) is 42.5 Å². The van der Waals surface area contributed by atoms with E-state index in [-0.39, 0.29) is 11.8 Å². The molecule has 5 rings (SSSR count). The monoisotopic (exact) mass is 416 g/mol. The molecule has 0 bridgehead atoms. The fourth-order valence-electron chi connectivity index (χ4n) is 4.25. The third-order valence-corrected chi connectivity index (χ3v) is 6.06. The number of likely N-dealkylation sites (N-methyl/N-ethyl adjacent to an activating group) is 1. The molecule has 2 aromatic heterocycles. The van der Waals surface area contributed by atoms with Crippen LogP contribution < -0.4 is 5.73 Å². The average Bonchev–Trinajstić information content (AvgIpc) is 3.40. The molecule has 1 aliphatic rings. The summed E-state index contributed by atoms with van der Waals surface area (Å²) < 4.78 is 0. The molecule has 158 valence electrons. The lowest BCUT2D eigenvalue weighted by Gasteiger charge is -2.20. The van der Waals surface area contributed by atoms with Gasteiger partial charge < -0.3 is 25.6 Å². The Morgan fingerprint density at radius 2 is 2.00 bits per heavy atom. The van der Waals surface area contributed by atoms with Gasteiger partial charge in [0.25, 0.3) is 5.91 Å². The summed E-state index contributed by atoms with van der Waals surface area (Å²) in [7, 11) is 4.08. The van der Waals surface area contributed by atoms with Gasteiger partial charge >= 0.3 is 0 Å². The average molecular weight is 416 g/mol. The van der Waals surface area contributed by atoms with Crippen molar-refractivity contribution in [2.45, 2.75) is 12.5 Å². The van der Waals surface area contributed by atoms with E-state index in [1.54, 1.807) is 18.2 Å². The van der Waals surface area contributed by atoms with E-state index < -0.39 is 0 Å². The fraction of sp³-hybridized carbons (Fsp3) is 0.261. The Morgan fingerprint density at radius 3 is 2.77 bits per heavy atom. The van der Waals surface area contributed by atoms with Crippen molar-refractivity contribution in [3.8, 4) is 17.3 Å². The van der Waals surface area contributed by atoms with Crippen LogP contribution in [0.1, 0.15) is 16.8 Å². The minimum atomic E-state index is -0.182. The number of nitrogens with zero attached hydrogens (tertiary/aromatic N) is 4. The standard InChI is InChI=1S/C23H24N6O2/c1-28(2)14-9-10-29(12-14)23(31)13-7-8-17-18(11-13)26-21(25-17)19-20(24)15-5-3-4-6-16(15)27-22(19)30/h3-8,11,14H,9-10,12H2,1-2H3,(H,25,26)(H3,24,27,30). The summed E-state index contributed by atoms with van der Waals surface area (Å²) in [5.41, 5.74) is 9.72. The molecule has 1 unspecified atom stereocenters. The largest absolute Gasteiger partial charge is 0.493 e. The number of para-hydroxylation sites is 1. The number of carbonyl (C=O) groups excluding carboxylic acids is 1. The summed E-state index contributed by atoms with van der Waals surface area (Å²) in [6, 6.07) is 13.2. The summed E-state index contributed by atoms with van der Waals surface area (Å²) in [5, 5.41) is 11.3. The van der Waals surface area contributed by atoms with E-state index >= 15 is 0 Å². The summed E-state index contributed by atoms with van der Waals surface area (Å²) >= 11 is 0. The fourth-order valence-corrected chi connectivity index (χ4v) is 4.25. The van der Waals surface area contributed by atoms with Crippen LogP contribution in [-0.2, 0) is 0 Å². The number of imidazole rings is 1. The van der Waals surface area contributed by atoms with Gasteiger partial charge in [0.05, 0.1) is 22.2 Å². The number of hydrogen-bond donors (Lipinski definition) is 3. The molecule has 1 aliphatic heterocycles. The highest BCUT2D eigenvalue weighted by molar-refractivity contribution is 6.01. The molecule has 8 heteroatoms. The van der Waals surface area contributed by atoms with Crippen LogP contribution in [-0.4, -0.2) is 69.0 Å². The number of nitrogens with one attached hydrogen (secondary N) is 1. The Balaban J connectivity index is 1.51. The van der Waals surface area contributed by atoms with Gasteiger partial charge in [-0.1, -0.05) is 18.2 Å². The van der Waals surface area contributed by atoms with Crippen LogP contribution >= 0.6 is 0 Å². The first kappa shape index (κ1) is 19.3. The maximum absolute atomic E-state index is 13.0. The smallest absolute Gasteiger partial charge is 0.253 e. The van der Waals surface area contributed by atoms with E-state index in [9.17, 15) is 9.90 Å². The van der Waals surface area contributed by atoms with Crippen LogP contribution in [0.25, 0.3) is 33.3 Å². The number of aromatic nitrogens is 3. The lowest BCUT2D eigenvalue weighted by Crippen LogP contribution is -2.34. The second kappa shape index (κ2) is 7.24. The normalized spacial score (nSPS) is 16.6. The Kier molecular flexibility index (Phi) is 4.51. The van der Waals surface area contributed by atoms with E-state index in [4.69, 9.17) is 5.73 Å². The molecule has 3 heterocycles. The highest BCUT2D eigenvalue weighted by Crippen LogP contribution is 2.37. The number of nitrogen functional groups attached to an aromatic ring is 1. The van der Waals surface area contributed by atoms with Gasteiger partial charge in [0.1, 0.15) is 11.4 Å². The van der Waals surface area contributed by atoms with Crippen molar-refractivity contribution in [2.24, 2.45) is 0 Å². The maximum atomic E-state index is 13.0. The molecule has 2 aromatic carbocycles. The number of hydrogen-bond acceptors (Lipinski definition) is 6. The van der Waals surface area contributed by atoms with Crippen molar-refractivity contribution in [1.29, 1.82) is 0 Å². The van der Waals surface area contributed by atoms with Crippen molar-refractivity contribution in [3.05, 3.63) is 48.0 Å². The first-order valence-electron chi connectivity index (χ1n) is 10.3. The number of nitrogens with two attached hydrogens (primary N) is 1. The van der Waals surface area contributed by atoms with Gasteiger partial charge in [0.2, 0.25) is 5.88 Å². The molecule has 1 amide bonds. The second-order valence-electron chi connectivity index (χ2n) is 8.22. The zero-order valence-electron chi connectivity index (χ0n) is 17.5. The van der Waals surface area contributed by atoms with Gasteiger partial charge in [0, 0.05) is 30.1 Å². The lowest BCUT2D eigenvalue weighted by molar-refractivity contribution is 0.0783. The molecule has 0 spiro atoms. The summed E-state index contributed by atoms with van der Waals surface area (Å²) in [5.74, 6) is 0.241. The molecule has 0 radical (unpaired) electrons. The highest BCUT2D eigenvalue weighted by atomic mass is 16.3. The zero-order chi connectivity index (χ0) is 21.7. The van der Waals surface area contributed by atoms with Gasteiger partial charge in [-0.3, -0.25) is 4.79 Å². The van der Waals surface area contributed by atoms with E-state index in [0.717, 1.165) is 30.4 Å². The number of amides is 1. The van der Waals surface area contributed by atoms with E-state index in [1.807, 2.05) is 43.3 Å². The van der Waals surface area contributed by atoms with E-state index in [2.05, 4.69) is 19.9 Å². The molecule has 1 atom stereocenters. The van der Waals surface area contributed by atoms with Crippen LogP contribution in [0.5, 0.6) is 5.88 Å². The van der Waals surface area contributed by atoms with Gasteiger partial charge in [-0.2, -0.15) is 0 Å². The predicted octanol–water partition coefficient (Wildman–Crippen LogP) is 2.84. The number of H-pyrrole nitrogens is 1. The molecule has 1 saturated heterocycles. The van der Waals surface area contributed by atoms with Gasteiger partial charge in [-0.15, -0.1) is 0 Å². The number of aromatic hydroxyl groups is 1. The molecule has 0 aliphatic carbocycles.